The second-order valence-corrected chi connectivity index (χ2v) is 7.46. The molecule has 0 atom stereocenters. The summed E-state index contributed by atoms with van der Waals surface area (Å²) in [6, 6.07) is 0. The van der Waals surface area contributed by atoms with E-state index in [0.717, 1.165) is 0 Å². The van der Waals surface area contributed by atoms with Crippen LogP contribution in [0.1, 0.15) is 82.3 Å². The van der Waals surface area contributed by atoms with Crippen LogP contribution in [0.15, 0.2) is 0 Å². The van der Waals surface area contributed by atoms with Crippen LogP contribution in [0.25, 0.3) is 0 Å². The van der Waals surface area contributed by atoms with Crippen LogP contribution in [0.5, 0.6) is 0 Å². The van der Waals surface area contributed by atoms with Crippen molar-refractivity contribution in [2.75, 3.05) is 0 Å². The van der Waals surface area contributed by atoms with E-state index >= 15 is 0 Å². The molecule has 0 aliphatic rings. The molecule has 0 aliphatic heterocycles. The Morgan fingerprint density at radius 3 is 1.00 bits per heavy atom. The summed E-state index contributed by atoms with van der Waals surface area (Å²) in [5, 5.41) is 0. The van der Waals surface area contributed by atoms with Gasteiger partial charge in [0.2, 0.25) is 0 Å². The third-order valence-corrected chi connectivity index (χ3v) is 6.19. The van der Waals surface area contributed by atoms with Gasteiger partial charge >= 0.3 is 17.1 Å². The van der Waals surface area contributed by atoms with Gasteiger partial charge in [-0.15, -0.1) is 0 Å². The molecule has 0 unspecified atom stereocenters. The normalized spacial score (nSPS) is 10.3. The summed E-state index contributed by atoms with van der Waals surface area (Å²) in [6.45, 7) is 22.4. The van der Waals surface area contributed by atoms with Crippen molar-refractivity contribution in [2.24, 2.45) is 0 Å². The van der Waals surface area contributed by atoms with Crippen LogP contribution in [-0.2, 0) is 29.9 Å². The predicted octanol–water partition coefficient (Wildman–Crippen LogP) is 7.18. The van der Waals surface area contributed by atoms with Crippen LogP contribution >= 0.6 is 0 Å². The molecule has 0 bridgehead atoms. The molecule has 2 aromatic rings. The predicted molar refractivity (Wildman–Crippen MR) is 110 cm³/mol. The molecule has 0 spiro atoms. The zero-order valence-corrected chi connectivity index (χ0v) is 19.3. The van der Waals surface area contributed by atoms with Crippen molar-refractivity contribution in [1.82, 2.24) is 0 Å². The van der Waals surface area contributed by atoms with Crippen molar-refractivity contribution < 1.29 is 17.1 Å². The van der Waals surface area contributed by atoms with Crippen molar-refractivity contribution in [2.45, 2.75) is 94.9 Å². The van der Waals surface area contributed by atoms with Crippen LogP contribution in [0.2, 0.25) is 0 Å². The fourth-order valence-electron chi connectivity index (χ4n) is 3.84. The molecule has 2 aromatic carbocycles. The molecule has 0 aliphatic carbocycles. The summed E-state index contributed by atoms with van der Waals surface area (Å²) in [4.78, 5) is 0. The summed E-state index contributed by atoms with van der Waals surface area (Å²) in [7, 11) is 0. The Morgan fingerprint density at radius 1 is 0.560 bits per heavy atom. The van der Waals surface area contributed by atoms with E-state index in [-0.39, 0.29) is 17.1 Å². The largest absolute Gasteiger partial charge is 2.00 e. The van der Waals surface area contributed by atoms with E-state index in [9.17, 15) is 0 Å². The molecule has 0 aromatic heterocycles. The Hall–Kier alpha value is -0.781. The van der Waals surface area contributed by atoms with Gasteiger partial charge in [-0.25, -0.2) is 0 Å². The molecule has 0 N–H and O–H groups in total. The van der Waals surface area contributed by atoms with Gasteiger partial charge in [-0.05, 0) is 0 Å². The van der Waals surface area contributed by atoms with E-state index in [4.69, 9.17) is 0 Å². The molecule has 0 fully saturated rings. The summed E-state index contributed by atoms with van der Waals surface area (Å²) in [5.74, 6) is 0. The molecule has 142 valence electrons. The Labute approximate surface area is 167 Å². The monoisotopic (exact) mass is 382 g/mol. The van der Waals surface area contributed by atoms with Crippen LogP contribution in [0.3, 0.4) is 0 Å². The second kappa shape index (κ2) is 10.4. The summed E-state index contributed by atoms with van der Waals surface area (Å²) >= 11 is 0. The van der Waals surface area contributed by atoms with Crippen LogP contribution in [0, 0.1) is 55.4 Å². The maximum Gasteiger partial charge on any atom is 2.00 e. The topological polar surface area (TPSA) is 0 Å². The second-order valence-electron chi connectivity index (χ2n) is 7.46. The minimum atomic E-state index is 0. The maximum atomic E-state index is 2.25. The molecule has 0 saturated carbocycles. The van der Waals surface area contributed by atoms with E-state index in [1.165, 1.54) is 70.2 Å². The molecule has 25 heavy (non-hydrogen) atoms. The van der Waals surface area contributed by atoms with E-state index in [2.05, 4.69) is 69.2 Å². The van der Waals surface area contributed by atoms with Crippen molar-refractivity contribution in [1.29, 1.82) is 0 Å². The minimum absolute atomic E-state index is 0. The van der Waals surface area contributed by atoms with E-state index in [1.54, 1.807) is 11.1 Å². The summed E-state index contributed by atoms with van der Waals surface area (Å²) in [6.07, 6.45) is 4.99. The van der Waals surface area contributed by atoms with E-state index < -0.39 is 0 Å². The van der Waals surface area contributed by atoms with Gasteiger partial charge in [0.15, 0.2) is 0 Å². The Balaban J connectivity index is 0.000000443. The van der Waals surface area contributed by atoms with Crippen molar-refractivity contribution in [3.05, 3.63) is 55.6 Å². The Bertz CT molecular complexity index is 569. The molecular weight excluding hydrogens is 344 g/mol. The molecular formula is C24H38Fe. The van der Waals surface area contributed by atoms with Crippen LogP contribution < -0.4 is 0 Å². The first-order valence-electron chi connectivity index (χ1n) is 9.62. The molecule has 0 amide bonds. The smallest absolute Gasteiger partial charge is 0.196 e. The van der Waals surface area contributed by atoms with Gasteiger partial charge in [0.1, 0.15) is 0 Å². The average molecular weight is 382 g/mol. The number of hydrogen-bond acceptors (Lipinski definition) is 0. The molecule has 0 radical (unpaired) electrons. The SMILES string of the molecule is CCCc1c(C)c(C)c(C)[c-]1C.CCCc1c(C)c(C)c(C)[c-]1C.[Fe+2]. The van der Waals surface area contributed by atoms with Gasteiger partial charge in [0, 0.05) is 0 Å². The number of hydrogen-bond donors (Lipinski definition) is 0. The van der Waals surface area contributed by atoms with Crippen molar-refractivity contribution in [3.8, 4) is 0 Å². The fraction of sp³-hybridized carbons (Fsp3) is 0.583. The standard InChI is InChI=1S/2C12H19.Fe/c2*1-6-7-12-10(4)8(2)9(3)11(12)5;/h2*6-7H2,1-5H3;/q2*-1;+2. The number of rotatable bonds is 4. The molecule has 0 heterocycles. The third-order valence-electron chi connectivity index (χ3n) is 6.19. The van der Waals surface area contributed by atoms with Gasteiger partial charge in [0.05, 0.1) is 0 Å². The zero-order chi connectivity index (χ0) is 18.6. The van der Waals surface area contributed by atoms with Gasteiger partial charge in [0.25, 0.3) is 0 Å². The Kier molecular flexibility index (Phi) is 10.1. The van der Waals surface area contributed by atoms with Gasteiger partial charge in [-0.3, -0.25) is 0 Å². The van der Waals surface area contributed by atoms with E-state index in [0.29, 0.717) is 0 Å². The first kappa shape index (κ1) is 24.2. The average Bonchev–Trinajstić information content (AvgIpc) is 2.86. The minimum Gasteiger partial charge on any atom is -0.196 e. The first-order valence-corrected chi connectivity index (χ1v) is 9.62. The molecule has 0 saturated heterocycles. The van der Waals surface area contributed by atoms with Gasteiger partial charge < -0.3 is 0 Å². The van der Waals surface area contributed by atoms with Crippen LogP contribution in [0.4, 0.5) is 0 Å². The zero-order valence-electron chi connectivity index (χ0n) is 18.2. The van der Waals surface area contributed by atoms with Gasteiger partial charge in [-0.2, -0.15) is 55.6 Å². The fourth-order valence-corrected chi connectivity index (χ4v) is 3.84. The quantitative estimate of drug-likeness (QED) is 0.388. The van der Waals surface area contributed by atoms with Crippen LogP contribution in [-0.4, -0.2) is 0 Å². The summed E-state index contributed by atoms with van der Waals surface area (Å²) < 4.78 is 0. The molecule has 0 nitrogen and oxygen atoms in total. The summed E-state index contributed by atoms with van der Waals surface area (Å²) in [5.41, 5.74) is 15.2. The van der Waals surface area contributed by atoms with Crippen molar-refractivity contribution in [3.63, 3.8) is 0 Å². The van der Waals surface area contributed by atoms with Crippen molar-refractivity contribution >= 4 is 0 Å². The molecule has 1 heteroatoms. The first-order chi connectivity index (χ1) is 11.2. The Morgan fingerprint density at radius 2 is 0.840 bits per heavy atom. The third kappa shape index (κ3) is 5.11. The van der Waals surface area contributed by atoms with E-state index in [1.807, 2.05) is 0 Å². The maximum absolute atomic E-state index is 2.25. The van der Waals surface area contributed by atoms with Gasteiger partial charge in [-0.1, -0.05) is 94.9 Å². The molecule has 2 rings (SSSR count).